The fourth-order valence-electron chi connectivity index (χ4n) is 4.35. The molecule has 1 amide bonds. The number of furan rings is 1. The van der Waals surface area contributed by atoms with Crippen LogP contribution in [-0.2, 0) is 0 Å². The second-order valence-electron chi connectivity index (χ2n) is 7.61. The third-order valence-electron chi connectivity index (χ3n) is 5.79. The molecule has 1 aliphatic carbocycles. The molecule has 0 radical (unpaired) electrons. The number of hydrogen-bond donors (Lipinski definition) is 0. The van der Waals surface area contributed by atoms with E-state index < -0.39 is 0 Å². The van der Waals surface area contributed by atoms with Crippen LogP contribution in [0.15, 0.2) is 40.8 Å². The number of benzene rings is 1. The van der Waals surface area contributed by atoms with Crippen molar-refractivity contribution in [2.45, 2.75) is 45.1 Å². The summed E-state index contributed by atoms with van der Waals surface area (Å²) in [7, 11) is 0. The number of carbonyl (C=O) groups is 1. The molecule has 0 bridgehead atoms. The predicted octanol–water partition coefficient (Wildman–Crippen LogP) is 4.35. The molecule has 1 aromatic carbocycles. The Morgan fingerprint density at radius 1 is 1.00 bits per heavy atom. The minimum absolute atomic E-state index is 0.142. The summed E-state index contributed by atoms with van der Waals surface area (Å²) < 4.78 is 5.71. The summed E-state index contributed by atoms with van der Waals surface area (Å²) in [5.74, 6) is 1.85. The van der Waals surface area contributed by atoms with Gasteiger partial charge < -0.3 is 9.32 Å². The Morgan fingerprint density at radius 2 is 1.85 bits per heavy atom. The molecule has 4 rings (SSSR count). The molecular formula is C22H28N2O2. The lowest BCUT2D eigenvalue weighted by molar-refractivity contribution is 0.0758. The quantitative estimate of drug-likeness (QED) is 0.824. The lowest BCUT2D eigenvalue weighted by Crippen LogP contribution is -2.38. The van der Waals surface area contributed by atoms with Crippen LogP contribution >= 0.6 is 0 Å². The summed E-state index contributed by atoms with van der Waals surface area (Å²) in [5, 5.41) is 0. The van der Waals surface area contributed by atoms with E-state index >= 15 is 0 Å². The Kier molecular flexibility index (Phi) is 5.11. The SMILES string of the molecule is Cc1ccc(-c2cccc(C(=O)N3CCCN(C4CCCC4)CC3)c2)o1. The third-order valence-corrected chi connectivity index (χ3v) is 5.79. The molecule has 1 saturated carbocycles. The van der Waals surface area contributed by atoms with E-state index in [1.54, 1.807) is 0 Å². The van der Waals surface area contributed by atoms with Crippen molar-refractivity contribution in [2.24, 2.45) is 0 Å². The summed E-state index contributed by atoms with van der Waals surface area (Å²) in [5.41, 5.74) is 1.72. The van der Waals surface area contributed by atoms with Gasteiger partial charge in [-0.25, -0.2) is 0 Å². The van der Waals surface area contributed by atoms with Crippen LogP contribution in [-0.4, -0.2) is 47.9 Å². The standard InChI is InChI=1S/C22H28N2O2/c1-17-10-11-21(26-17)18-6-4-7-19(16-18)22(25)24-13-5-12-23(14-15-24)20-8-2-3-9-20/h4,6-7,10-11,16,20H,2-3,5,8-9,12-15H2,1H3. The molecule has 1 aromatic heterocycles. The van der Waals surface area contributed by atoms with Crippen LogP contribution in [0.1, 0.15) is 48.2 Å². The lowest BCUT2D eigenvalue weighted by atomic mass is 10.1. The number of hydrogen-bond acceptors (Lipinski definition) is 3. The molecule has 1 saturated heterocycles. The van der Waals surface area contributed by atoms with Gasteiger partial charge in [-0.05, 0) is 50.5 Å². The molecule has 26 heavy (non-hydrogen) atoms. The molecular weight excluding hydrogens is 324 g/mol. The predicted molar refractivity (Wildman–Crippen MR) is 103 cm³/mol. The van der Waals surface area contributed by atoms with Gasteiger partial charge in [0.1, 0.15) is 11.5 Å². The zero-order chi connectivity index (χ0) is 17.9. The molecule has 0 atom stereocenters. The normalized spacial score (nSPS) is 19.7. The number of rotatable bonds is 3. The van der Waals surface area contributed by atoms with Crippen LogP contribution in [0.25, 0.3) is 11.3 Å². The van der Waals surface area contributed by atoms with Gasteiger partial charge in [-0.3, -0.25) is 9.69 Å². The molecule has 2 fully saturated rings. The van der Waals surface area contributed by atoms with Crippen LogP contribution in [0.4, 0.5) is 0 Å². The molecule has 1 aliphatic heterocycles. The molecule has 0 N–H and O–H groups in total. The van der Waals surface area contributed by atoms with Gasteiger partial charge in [0.25, 0.3) is 5.91 Å². The van der Waals surface area contributed by atoms with Crippen molar-refractivity contribution in [1.82, 2.24) is 9.80 Å². The maximum absolute atomic E-state index is 13.0. The largest absolute Gasteiger partial charge is 0.461 e. The van der Waals surface area contributed by atoms with E-state index in [0.29, 0.717) is 0 Å². The molecule has 4 heteroatoms. The first kappa shape index (κ1) is 17.3. The zero-order valence-corrected chi connectivity index (χ0v) is 15.6. The fraction of sp³-hybridized carbons (Fsp3) is 0.500. The molecule has 138 valence electrons. The molecule has 2 aliphatic rings. The highest BCUT2D eigenvalue weighted by Crippen LogP contribution is 2.26. The van der Waals surface area contributed by atoms with Crippen molar-refractivity contribution >= 4 is 5.91 Å². The van der Waals surface area contributed by atoms with Crippen molar-refractivity contribution in [1.29, 1.82) is 0 Å². The first-order valence-electron chi connectivity index (χ1n) is 9.91. The monoisotopic (exact) mass is 352 g/mol. The summed E-state index contributed by atoms with van der Waals surface area (Å²) in [6, 6.07) is 12.5. The number of aryl methyl sites for hydroxylation is 1. The first-order chi connectivity index (χ1) is 12.7. The maximum atomic E-state index is 13.0. The van der Waals surface area contributed by atoms with Gasteiger partial charge in [-0.1, -0.05) is 25.0 Å². The number of nitrogens with zero attached hydrogens (tertiary/aromatic N) is 2. The Labute approximate surface area is 155 Å². The van der Waals surface area contributed by atoms with Gasteiger partial charge in [0.05, 0.1) is 0 Å². The van der Waals surface area contributed by atoms with E-state index in [9.17, 15) is 4.79 Å². The highest BCUT2D eigenvalue weighted by Gasteiger charge is 2.26. The van der Waals surface area contributed by atoms with Crippen molar-refractivity contribution in [3.8, 4) is 11.3 Å². The van der Waals surface area contributed by atoms with Crippen LogP contribution in [0, 0.1) is 6.92 Å². The summed E-state index contributed by atoms with van der Waals surface area (Å²) in [4.78, 5) is 17.7. The van der Waals surface area contributed by atoms with Gasteiger partial charge in [-0.2, -0.15) is 0 Å². The Morgan fingerprint density at radius 3 is 2.62 bits per heavy atom. The molecule has 2 heterocycles. The number of carbonyl (C=O) groups excluding carboxylic acids is 1. The lowest BCUT2D eigenvalue weighted by Gasteiger charge is -2.27. The molecule has 0 spiro atoms. The van der Waals surface area contributed by atoms with Crippen LogP contribution in [0.2, 0.25) is 0 Å². The first-order valence-corrected chi connectivity index (χ1v) is 9.91. The van der Waals surface area contributed by atoms with Gasteiger partial charge in [-0.15, -0.1) is 0 Å². The van der Waals surface area contributed by atoms with Crippen molar-refractivity contribution < 1.29 is 9.21 Å². The topological polar surface area (TPSA) is 36.7 Å². The minimum atomic E-state index is 0.142. The fourth-order valence-corrected chi connectivity index (χ4v) is 4.35. The van der Waals surface area contributed by atoms with E-state index in [-0.39, 0.29) is 5.91 Å². The minimum Gasteiger partial charge on any atom is -0.461 e. The smallest absolute Gasteiger partial charge is 0.253 e. The zero-order valence-electron chi connectivity index (χ0n) is 15.6. The summed E-state index contributed by atoms with van der Waals surface area (Å²) in [6.45, 7) is 5.75. The average Bonchev–Trinajstić information content (AvgIpc) is 3.29. The second kappa shape index (κ2) is 7.67. The summed E-state index contributed by atoms with van der Waals surface area (Å²) >= 11 is 0. The van der Waals surface area contributed by atoms with Crippen molar-refractivity contribution in [2.75, 3.05) is 26.2 Å². The Hall–Kier alpha value is -2.07. The van der Waals surface area contributed by atoms with E-state index in [0.717, 1.165) is 61.3 Å². The second-order valence-corrected chi connectivity index (χ2v) is 7.61. The third kappa shape index (κ3) is 3.70. The average molecular weight is 352 g/mol. The van der Waals surface area contributed by atoms with E-state index in [1.165, 1.54) is 25.7 Å². The van der Waals surface area contributed by atoms with Gasteiger partial charge in [0.2, 0.25) is 0 Å². The van der Waals surface area contributed by atoms with Gasteiger partial charge in [0, 0.05) is 43.3 Å². The van der Waals surface area contributed by atoms with Crippen molar-refractivity contribution in [3.05, 3.63) is 47.7 Å². The van der Waals surface area contributed by atoms with Gasteiger partial charge in [0.15, 0.2) is 0 Å². The molecule has 4 nitrogen and oxygen atoms in total. The Balaban J connectivity index is 1.45. The van der Waals surface area contributed by atoms with Gasteiger partial charge >= 0.3 is 0 Å². The summed E-state index contributed by atoms with van der Waals surface area (Å²) in [6.07, 6.45) is 6.46. The molecule has 2 aromatic rings. The molecule has 0 unspecified atom stereocenters. The van der Waals surface area contributed by atoms with Crippen molar-refractivity contribution in [3.63, 3.8) is 0 Å². The highest BCUT2D eigenvalue weighted by molar-refractivity contribution is 5.95. The van der Waals surface area contributed by atoms with Crippen LogP contribution in [0.5, 0.6) is 0 Å². The maximum Gasteiger partial charge on any atom is 0.253 e. The highest BCUT2D eigenvalue weighted by atomic mass is 16.3. The van der Waals surface area contributed by atoms with E-state index in [4.69, 9.17) is 4.42 Å². The van der Waals surface area contributed by atoms with Crippen LogP contribution < -0.4 is 0 Å². The van der Waals surface area contributed by atoms with Crippen LogP contribution in [0.3, 0.4) is 0 Å². The van der Waals surface area contributed by atoms with E-state index in [2.05, 4.69) is 4.90 Å². The number of amides is 1. The Bertz CT molecular complexity index is 761. The van der Waals surface area contributed by atoms with E-state index in [1.807, 2.05) is 48.2 Å².